The normalized spacial score (nSPS) is 12.8. The molecule has 0 aliphatic rings. The average molecular weight is 508 g/mol. The van der Waals surface area contributed by atoms with E-state index in [0.29, 0.717) is 12.0 Å². The molecule has 0 aromatic heterocycles. The van der Waals surface area contributed by atoms with Crippen LogP contribution in [-0.2, 0) is 23.9 Å². The van der Waals surface area contributed by atoms with E-state index in [-0.39, 0.29) is 13.1 Å². The van der Waals surface area contributed by atoms with Crippen LogP contribution in [0.2, 0.25) is 0 Å². The second kappa shape index (κ2) is 14.4. The van der Waals surface area contributed by atoms with Crippen LogP contribution in [-0.4, -0.2) is 72.3 Å². The molecule has 36 heavy (non-hydrogen) atoms. The highest BCUT2D eigenvalue weighted by molar-refractivity contribution is 5.93. The fourth-order valence-corrected chi connectivity index (χ4v) is 3.65. The predicted molar refractivity (Wildman–Crippen MR) is 135 cm³/mol. The Kier molecular flexibility index (Phi) is 12.4. The van der Waals surface area contributed by atoms with Crippen LogP contribution >= 0.6 is 0 Å². The summed E-state index contributed by atoms with van der Waals surface area (Å²) in [5.74, 6) is -1.85. The third kappa shape index (κ3) is 9.85. The molecule has 0 aliphatic heterocycles. The molecule has 10 nitrogen and oxygen atoms in total. The number of hydrogen-bond acceptors (Lipinski definition) is 7. The Morgan fingerprint density at radius 1 is 1.11 bits per heavy atom. The van der Waals surface area contributed by atoms with E-state index in [1.54, 1.807) is 26.8 Å². The monoisotopic (exact) mass is 507 g/mol. The lowest BCUT2D eigenvalue weighted by atomic mass is 9.96. The summed E-state index contributed by atoms with van der Waals surface area (Å²) in [4.78, 5) is 52.5. The van der Waals surface area contributed by atoms with Crippen molar-refractivity contribution < 1.29 is 33.8 Å². The minimum absolute atomic E-state index is 0.197. The molecule has 0 fully saturated rings. The van der Waals surface area contributed by atoms with Gasteiger partial charge < -0.3 is 30.1 Å². The molecular weight excluding hydrogens is 466 g/mol. The molecule has 202 valence electrons. The van der Waals surface area contributed by atoms with Crippen LogP contribution in [0.3, 0.4) is 0 Å². The van der Waals surface area contributed by atoms with Crippen LogP contribution in [0.5, 0.6) is 0 Å². The van der Waals surface area contributed by atoms with Crippen LogP contribution in [0, 0.1) is 13.8 Å². The van der Waals surface area contributed by atoms with Gasteiger partial charge in [0.2, 0.25) is 11.8 Å². The Hall–Kier alpha value is -3.14. The summed E-state index contributed by atoms with van der Waals surface area (Å²) in [6.45, 7) is 9.95. The summed E-state index contributed by atoms with van der Waals surface area (Å²) in [6.07, 6.45) is 1.42. The van der Waals surface area contributed by atoms with Crippen molar-refractivity contribution in [3.05, 3.63) is 34.9 Å². The lowest BCUT2D eigenvalue weighted by molar-refractivity contribution is -0.145. The first kappa shape index (κ1) is 30.9. The Bertz CT molecular complexity index is 911. The maximum atomic E-state index is 13.7. The van der Waals surface area contributed by atoms with Crippen molar-refractivity contribution in [2.75, 3.05) is 26.8 Å². The number of nitrogens with one attached hydrogen (secondary N) is 2. The number of nitrogens with zero attached hydrogens (tertiary/aromatic N) is 1. The van der Waals surface area contributed by atoms with Gasteiger partial charge >= 0.3 is 12.1 Å². The minimum atomic E-state index is -1.33. The number of alkyl carbamates (subject to hydrolysis) is 1. The highest BCUT2D eigenvalue weighted by atomic mass is 16.6. The maximum Gasteiger partial charge on any atom is 0.408 e. The standard InChI is InChI=1S/C26H41N3O7/c1-8-9-10-13-29(24(33)20(16-30)28-25(34)36-26(4,5)6)22(23(32)27-15-21(31)35-7)19-12-11-17(2)14-18(19)3/h11-12,14,20,22,30H,8-10,13,15-16H2,1-7H3,(H,27,32)(H,28,34). The topological polar surface area (TPSA) is 134 Å². The molecule has 0 heterocycles. The summed E-state index contributed by atoms with van der Waals surface area (Å²) in [5.41, 5.74) is 1.53. The number of aliphatic hydroxyl groups is 1. The molecule has 3 amide bonds. The van der Waals surface area contributed by atoms with E-state index in [0.717, 1.165) is 24.0 Å². The number of hydrogen-bond donors (Lipinski definition) is 3. The van der Waals surface area contributed by atoms with Gasteiger partial charge in [-0.2, -0.15) is 0 Å². The van der Waals surface area contributed by atoms with Crippen molar-refractivity contribution in [2.45, 2.75) is 78.5 Å². The van der Waals surface area contributed by atoms with Crippen LogP contribution in [0.1, 0.15) is 69.7 Å². The molecule has 0 radical (unpaired) electrons. The molecule has 1 rings (SSSR count). The number of rotatable bonds is 12. The van der Waals surface area contributed by atoms with Gasteiger partial charge in [0.1, 0.15) is 24.2 Å². The largest absolute Gasteiger partial charge is 0.468 e. The summed E-state index contributed by atoms with van der Waals surface area (Å²) in [7, 11) is 1.21. The second-order valence-electron chi connectivity index (χ2n) is 9.68. The van der Waals surface area contributed by atoms with Gasteiger partial charge in [0.15, 0.2) is 0 Å². The number of methoxy groups -OCH3 is 1. The van der Waals surface area contributed by atoms with E-state index >= 15 is 0 Å². The third-order valence-electron chi connectivity index (χ3n) is 5.37. The highest BCUT2D eigenvalue weighted by Crippen LogP contribution is 2.27. The van der Waals surface area contributed by atoms with Crippen molar-refractivity contribution in [3.8, 4) is 0 Å². The van der Waals surface area contributed by atoms with Gasteiger partial charge in [-0.1, -0.05) is 43.5 Å². The number of esters is 1. The number of carbonyl (C=O) groups is 4. The zero-order valence-corrected chi connectivity index (χ0v) is 22.5. The minimum Gasteiger partial charge on any atom is -0.468 e. The van der Waals surface area contributed by atoms with Gasteiger partial charge in [-0.05, 0) is 52.2 Å². The fourth-order valence-electron chi connectivity index (χ4n) is 3.65. The fraction of sp³-hybridized carbons (Fsp3) is 0.615. The van der Waals surface area contributed by atoms with Gasteiger partial charge in [-0.15, -0.1) is 0 Å². The number of aliphatic hydroxyl groups excluding tert-OH is 1. The summed E-state index contributed by atoms with van der Waals surface area (Å²) >= 11 is 0. The molecule has 3 N–H and O–H groups in total. The molecule has 1 aromatic rings. The van der Waals surface area contributed by atoms with Crippen LogP contribution in [0.4, 0.5) is 4.79 Å². The van der Waals surface area contributed by atoms with Gasteiger partial charge in [0, 0.05) is 6.54 Å². The lowest BCUT2D eigenvalue weighted by Crippen LogP contribution is -2.55. The number of benzene rings is 1. The van der Waals surface area contributed by atoms with Gasteiger partial charge in [0.25, 0.3) is 0 Å². The van der Waals surface area contributed by atoms with Crippen molar-refractivity contribution in [1.82, 2.24) is 15.5 Å². The van der Waals surface area contributed by atoms with Gasteiger partial charge in [0.05, 0.1) is 13.7 Å². The number of ether oxygens (including phenoxy) is 2. The Balaban J connectivity index is 3.44. The first-order valence-corrected chi connectivity index (χ1v) is 12.2. The molecule has 2 atom stereocenters. The van der Waals surface area contributed by atoms with Gasteiger partial charge in [-0.3, -0.25) is 14.4 Å². The number of unbranched alkanes of at least 4 members (excludes halogenated alkanes) is 2. The quantitative estimate of drug-likeness (QED) is 0.292. The van der Waals surface area contributed by atoms with Gasteiger partial charge in [-0.25, -0.2) is 4.79 Å². The van der Waals surface area contributed by atoms with Crippen molar-refractivity contribution >= 4 is 23.9 Å². The van der Waals surface area contributed by atoms with E-state index in [1.165, 1.54) is 12.0 Å². The molecule has 0 bridgehead atoms. The van der Waals surface area contributed by atoms with E-state index in [4.69, 9.17) is 4.74 Å². The number of carbonyl (C=O) groups excluding carboxylic acids is 4. The second-order valence-corrected chi connectivity index (χ2v) is 9.68. The van der Waals surface area contributed by atoms with E-state index < -0.39 is 48.2 Å². The predicted octanol–water partition coefficient (Wildman–Crippen LogP) is 2.54. The highest BCUT2D eigenvalue weighted by Gasteiger charge is 2.36. The van der Waals surface area contributed by atoms with Crippen molar-refractivity contribution in [1.29, 1.82) is 0 Å². The molecule has 1 aromatic carbocycles. The van der Waals surface area contributed by atoms with Crippen LogP contribution < -0.4 is 10.6 Å². The molecular formula is C26H41N3O7. The lowest BCUT2D eigenvalue weighted by Gasteiger charge is -2.34. The average Bonchev–Trinajstić information content (AvgIpc) is 2.79. The smallest absolute Gasteiger partial charge is 0.408 e. The molecule has 0 saturated carbocycles. The van der Waals surface area contributed by atoms with Crippen molar-refractivity contribution in [3.63, 3.8) is 0 Å². The maximum absolute atomic E-state index is 13.7. The zero-order valence-electron chi connectivity index (χ0n) is 22.5. The third-order valence-corrected chi connectivity index (χ3v) is 5.37. The SMILES string of the molecule is CCCCCN(C(=O)C(CO)NC(=O)OC(C)(C)C)C(C(=O)NCC(=O)OC)c1ccc(C)cc1C. The molecule has 0 spiro atoms. The first-order chi connectivity index (χ1) is 16.8. The van der Waals surface area contributed by atoms with Crippen molar-refractivity contribution in [2.24, 2.45) is 0 Å². The molecule has 2 unspecified atom stereocenters. The Labute approximate surface area is 213 Å². The van der Waals surface area contributed by atoms with E-state index in [9.17, 15) is 24.3 Å². The summed E-state index contributed by atoms with van der Waals surface area (Å²) in [5, 5.41) is 14.9. The van der Waals surface area contributed by atoms with E-state index in [1.807, 2.05) is 32.9 Å². The summed E-state index contributed by atoms with van der Waals surface area (Å²) < 4.78 is 9.86. The Morgan fingerprint density at radius 2 is 1.78 bits per heavy atom. The number of aryl methyl sites for hydroxylation is 2. The first-order valence-electron chi connectivity index (χ1n) is 12.2. The zero-order chi connectivity index (χ0) is 27.5. The van der Waals surface area contributed by atoms with Crippen LogP contribution in [0.15, 0.2) is 18.2 Å². The number of amides is 3. The Morgan fingerprint density at radius 3 is 2.31 bits per heavy atom. The molecule has 0 saturated heterocycles. The summed E-state index contributed by atoms with van der Waals surface area (Å²) in [6, 6.07) is 3.06. The van der Waals surface area contributed by atoms with Crippen LogP contribution in [0.25, 0.3) is 0 Å². The van der Waals surface area contributed by atoms with E-state index in [2.05, 4.69) is 15.4 Å². The molecule has 0 aliphatic carbocycles. The molecule has 10 heteroatoms.